The van der Waals surface area contributed by atoms with E-state index in [1.54, 1.807) is 6.08 Å². The lowest BCUT2D eigenvalue weighted by molar-refractivity contribution is -0.134. The van der Waals surface area contributed by atoms with E-state index in [0.29, 0.717) is 0 Å². The van der Waals surface area contributed by atoms with Crippen LogP contribution < -0.4 is 0 Å². The molecule has 0 aromatic rings. The third kappa shape index (κ3) is 1.42. The first-order chi connectivity index (χ1) is 8.53. The van der Waals surface area contributed by atoms with Gasteiger partial charge in [0, 0.05) is 11.5 Å². The van der Waals surface area contributed by atoms with E-state index in [-0.39, 0.29) is 29.2 Å². The zero-order valence-corrected chi connectivity index (χ0v) is 10.9. The van der Waals surface area contributed by atoms with Gasteiger partial charge in [0.1, 0.15) is 11.7 Å². The summed E-state index contributed by atoms with van der Waals surface area (Å²) in [5.74, 6) is -0.310. The fourth-order valence-electron chi connectivity index (χ4n) is 3.89. The summed E-state index contributed by atoms with van der Waals surface area (Å²) in [6, 6.07) is 0. The molecule has 2 aliphatic carbocycles. The highest BCUT2D eigenvalue weighted by Crippen LogP contribution is 2.65. The van der Waals surface area contributed by atoms with E-state index in [4.69, 9.17) is 4.74 Å². The number of aliphatic hydroxyl groups is 1. The summed E-state index contributed by atoms with van der Waals surface area (Å²) in [6.45, 7) is 2.13. The highest BCUT2D eigenvalue weighted by Gasteiger charge is 2.72. The molecular weight excluding hydrogens is 232 g/mol. The number of methoxy groups -OCH3 is 1. The Kier molecular flexibility index (Phi) is 2.58. The Labute approximate surface area is 107 Å². The molecule has 0 radical (unpaired) electrons. The van der Waals surface area contributed by atoms with Gasteiger partial charge in [-0.1, -0.05) is 6.92 Å². The summed E-state index contributed by atoms with van der Waals surface area (Å²) < 4.78 is 10.6. The van der Waals surface area contributed by atoms with Crippen LogP contribution in [0.15, 0.2) is 11.6 Å². The van der Waals surface area contributed by atoms with Gasteiger partial charge in [0.15, 0.2) is 0 Å². The number of carbonyl (C=O) groups is 1. The Morgan fingerprint density at radius 2 is 2.33 bits per heavy atom. The molecule has 1 heterocycles. The highest BCUT2D eigenvalue weighted by atomic mass is 16.6. The topological polar surface area (TPSA) is 59.1 Å². The first kappa shape index (κ1) is 12.2. The first-order valence-corrected chi connectivity index (χ1v) is 6.68. The lowest BCUT2D eigenvalue weighted by Crippen LogP contribution is -2.52. The second-order valence-electron chi connectivity index (χ2n) is 5.96. The molecule has 1 saturated heterocycles. The summed E-state index contributed by atoms with van der Waals surface area (Å²) in [5.41, 5.74) is 0.667. The molecule has 3 aliphatic rings. The van der Waals surface area contributed by atoms with Crippen molar-refractivity contribution in [1.82, 2.24) is 0 Å². The van der Waals surface area contributed by atoms with Crippen molar-refractivity contribution in [3.8, 4) is 0 Å². The molecule has 0 amide bonds. The maximum absolute atomic E-state index is 11.3. The molecule has 18 heavy (non-hydrogen) atoms. The van der Waals surface area contributed by atoms with Crippen LogP contribution in [0.2, 0.25) is 0 Å². The first-order valence-electron chi connectivity index (χ1n) is 6.68. The van der Waals surface area contributed by atoms with E-state index in [2.05, 4.69) is 11.7 Å². The van der Waals surface area contributed by atoms with Gasteiger partial charge in [0.05, 0.1) is 13.2 Å². The van der Waals surface area contributed by atoms with Gasteiger partial charge in [-0.3, -0.25) is 0 Å². The number of hydrogen-bond acceptors (Lipinski definition) is 4. The number of esters is 1. The lowest BCUT2D eigenvalue weighted by Gasteiger charge is -2.46. The van der Waals surface area contributed by atoms with E-state index < -0.39 is 0 Å². The molecule has 0 aromatic heterocycles. The average molecular weight is 252 g/mol. The van der Waals surface area contributed by atoms with Gasteiger partial charge in [0.2, 0.25) is 0 Å². The van der Waals surface area contributed by atoms with Gasteiger partial charge in [0.25, 0.3) is 0 Å². The van der Waals surface area contributed by atoms with Crippen molar-refractivity contribution in [2.45, 2.75) is 56.8 Å². The molecule has 1 N–H and O–H groups in total. The molecule has 1 aliphatic heterocycles. The van der Waals surface area contributed by atoms with Crippen molar-refractivity contribution in [2.75, 3.05) is 7.11 Å². The van der Waals surface area contributed by atoms with Gasteiger partial charge >= 0.3 is 5.97 Å². The normalized spacial score (nSPS) is 48.3. The molecule has 0 aromatic carbocycles. The Bertz CT molecular complexity index is 416. The minimum absolute atomic E-state index is 0.0188. The monoisotopic (exact) mass is 252 g/mol. The van der Waals surface area contributed by atoms with Crippen LogP contribution in [0, 0.1) is 5.41 Å². The van der Waals surface area contributed by atoms with Crippen LogP contribution in [0.5, 0.6) is 0 Å². The molecule has 0 unspecified atom stereocenters. The third-order valence-corrected chi connectivity index (χ3v) is 5.20. The maximum Gasteiger partial charge on any atom is 0.330 e. The Balaban J connectivity index is 1.88. The molecule has 3 fully saturated rings. The summed E-state index contributed by atoms with van der Waals surface area (Å²) in [4.78, 5) is 11.3. The molecule has 1 spiro atoms. The number of carbonyl (C=O) groups excluding carboxylic acids is 1. The van der Waals surface area contributed by atoms with Gasteiger partial charge in [-0.05, 0) is 37.7 Å². The minimum atomic E-state index is -0.310. The van der Waals surface area contributed by atoms with E-state index in [9.17, 15) is 9.90 Å². The number of aliphatic hydroxyl groups excluding tert-OH is 1. The Morgan fingerprint density at radius 3 is 3.06 bits per heavy atom. The molecule has 4 atom stereocenters. The molecule has 4 nitrogen and oxygen atoms in total. The van der Waals surface area contributed by atoms with E-state index >= 15 is 0 Å². The van der Waals surface area contributed by atoms with Gasteiger partial charge < -0.3 is 14.6 Å². The van der Waals surface area contributed by atoms with Crippen LogP contribution in [0.3, 0.4) is 0 Å². The quantitative estimate of drug-likeness (QED) is 0.437. The van der Waals surface area contributed by atoms with Crippen molar-refractivity contribution in [1.29, 1.82) is 0 Å². The lowest BCUT2D eigenvalue weighted by atomic mass is 9.58. The fourth-order valence-corrected chi connectivity index (χ4v) is 3.89. The van der Waals surface area contributed by atoms with Crippen molar-refractivity contribution in [3.63, 3.8) is 0 Å². The van der Waals surface area contributed by atoms with Crippen LogP contribution in [-0.2, 0) is 14.3 Å². The second kappa shape index (κ2) is 3.81. The second-order valence-corrected chi connectivity index (χ2v) is 5.96. The Hall–Kier alpha value is -0.870. The van der Waals surface area contributed by atoms with Gasteiger partial charge in [-0.15, -0.1) is 0 Å². The number of rotatable bonds is 1. The van der Waals surface area contributed by atoms with Crippen LogP contribution in [-0.4, -0.2) is 36.0 Å². The molecule has 3 rings (SSSR count). The zero-order chi connectivity index (χ0) is 13.0. The highest BCUT2D eigenvalue weighted by molar-refractivity contribution is 5.83. The Morgan fingerprint density at radius 1 is 1.56 bits per heavy atom. The van der Waals surface area contributed by atoms with Crippen molar-refractivity contribution < 1.29 is 19.4 Å². The summed E-state index contributed by atoms with van der Waals surface area (Å²) in [5, 5.41) is 10.3. The van der Waals surface area contributed by atoms with Crippen LogP contribution >= 0.6 is 0 Å². The molecule has 0 bridgehead atoms. The minimum Gasteiger partial charge on any atom is -0.466 e. The molecule has 2 saturated carbocycles. The SMILES string of the molecule is COC(=O)/C=C1\CC[C@]2(C)[C@@H](O)CCC[C@]23O[C@H]13. The third-order valence-electron chi connectivity index (χ3n) is 5.20. The molecular formula is C14H20O4. The van der Waals surface area contributed by atoms with E-state index in [1.165, 1.54) is 7.11 Å². The number of epoxide rings is 1. The molecule has 4 heteroatoms. The smallest absolute Gasteiger partial charge is 0.330 e. The van der Waals surface area contributed by atoms with Gasteiger partial charge in [-0.25, -0.2) is 4.79 Å². The van der Waals surface area contributed by atoms with Crippen LogP contribution in [0.1, 0.15) is 39.0 Å². The van der Waals surface area contributed by atoms with E-state index in [0.717, 1.165) is 37.7 Å². The predicted octanol–water partition coefficient (Wildman–Crippen LogP) is 1.57. The standard InChI is InChI=1S/C14H20O4/c1-13-7-5-9(8-11(16)17-2)12-14(13,18-12)6-3-4-10(13)15/h8,10,12,15H,3-7H2,1-2H3/b9-8+/t10-,12+,13+,14+/m0/s1. The van der Waals surface area contributed by atoms with Gasteiger partial charge in [-0.2, -0.15) is 0 Å². The number of ether oxygens (including phenoxy) is 2. The summed E-state index contributed by atoms with van der Waals surface area (Å²) in [6.07, 6.45) is 5.86. The van der Waals surface area contributed by atoms with Crippen molar-refractivity contribution >= 4 is 5.97 Å². The van der Waals surface area contributed by atoms with Crippen molar-refractivity contribution in [3.05, 3.63) is 11.6 Å². The van der Waals surface area contributed by atoms with Crippen LogP contribution in [0.4, 0.5) is 0 Å². The summed E-state index contributed by atoms with van der Waals surface area (Å²) >= 11 is 0. The average Bonchev–Trinajstić information content (AvgIpc) is 3.08. The maximum atomic E-state index is 11.3. The van der Waals surface area contributed by atoms with E-state index in [1.807, 2.05) is 0 Å². The largest absolute Gasteiger partial charge is 0.466 e. The van der Waals surface area contributed by atoms with Crippen molar-refractivity contribution in [2.24, 2.45) is 5.41 Å². The zero-order valence-electron chi connectivity index (χ0n) is 10.9. The number of hydrogen-bond donors (Lipinski definition) is 1. The predicted molar refractivity (Wildman–Crippen MR) is 64.9 cm³/mol. The fraction of sp³-hybridized carbons (Fsp3) is 0.786. The molecule has 100 valence electrons. The summed E-state index contributed by atoms with van der Waals surface area (Å²) in [7, 11) is 1.39. The van der Waals surface area contributed by atoms with Crippen LogP contribution in [0.25, 0.3) is 0 Å².